The van der Waals surface area contributed by atoms with Gasteiger partial charge < -0.3 is 4.52 Å². The summed E-state index contributed by atoms with van der Waals surface area (Å²) in [6.45, 7) is 0.973. The third kappa shape index (κ3) is 3.05. The highest BCUT2D eigenvalue weighted by molar-refractivity contribution is 8.02. The highest BCUT2D eigenvalue weighted by Gasteiger charge is 2.33. The minimum atomic E-state index is -3.37. The Bertz CT molecular complexity index is 813. The van der Waals surface area contributed by atoms with Gasteiger partial charge in [-0.1, -0.05) is 11.2 Å². The van der Waals surface area contributed by atoms with Crippen LogP contribution in [0.25, 0.3) is 0 Å². The molecule has 1 unspecified atom stereocenters. The van der Waals surface area contributed by atoms with Crippen LogP contribution in [0.4, 0.5) is 0 Å². The van der Waals surface area contributed by atoms with Crippen LogP contribution in [0.5, 0.6) is 0 Å². The first kappa shape index (κ1) is 16.3. The first-order valence-corrected chi connectivity index (χ1v) is 11.1. The number of allylic oxidation sites excluding steroid dienone is 1. The Balaban J connectivity index is 1.41. The molecule has 2 aliphatic rings. The number of aromatic nitrogens is 2. The van der Waals surface area contributed by atoms with Crippen molar-refractivity contribution in [2.24, 2.45) is 0 Å². The summed E-state index contributed by atoms with van der Waals surface area (Å²) in [7, 11) is -3.37. The molecule has 4 heterocycles. The van der Waals surface area contributed by atoms with E-state index in [-0.39, 0.29) is 11.2 Å². The number of sulfonamides is 1. The Morgan fingerprint density at radius 3 is 2.79 bits per heavy atom. The maximum atomic E-state index is 12.5. The number of rotatable bonds is 4. The molecule has 6 nitrogen and oxygen atoms in total. The maximum absolute atomic E-state index is 12.5. The molecule has 1 fully saturated rings. The third-order valence-electron chi connectivity index (χ3n) is 4.37. The average molecular weight is 384 g/mol. The van der Waals surface area contributed by atoms with Crippen molar-refractivity contribution in [3.8, 4) is 0 Å². The molecule has 0 aromatic carbocycles. The number of hydrogen-bond acceptors (Lipinski definition) is 7. The van der Waals surface area contributed by atoms with E-state index in [2.05, 4.69) is 21.6 Å². The number of hydrogen-bond donors (Lipinski definition) is 0. The fraction of sp³-hybridized carbons (Fsp3) is 0.467. The van der Waals surface area contributed by atoms with E-state index in [1.54, 1.807) is 32.9 Å². The molecule has 2 aromatic heterocycles. The molecule has 24 heavy (non-hydrogen) atoms. The van der Waals surface area contributed by atoms with Crippen LogP contribution in [0.3, 0.4) is 0 Å². The van der Waals surface area contributed by atoms with Crippen molar-refractivity contribution in [1.29, 1.82) is 0 Å². The summed E-state index contributed by atoms with van der Waals surface area (Å²) >= 11 is 3.10. The maximum Gasteiger partial charge on any atom is 0.243 e. The summed E-state index contributed by atoms with van der Waals surface area (Å²) in [6.07, 6.45) is 4.46. The van der Waals surface area contributed by atoms with E-state index in [1.807, 2.05) is 0 Å². The smallest absolute Gasteiger partial charge is 0.243 e. The molecule has 2 aromatic rings. The summed E-state index contributed by atoms with van der Waals surface area (Å²) in [5.41, 5.74) is 0. The van der Waals surface area contributed by atoms with Gasteiger partial charge in [-0.25, -0.2) is 8.42 Å². The zero-order chi connectivity index (χ0) is 16.6. The molecule has 0 N–H and O–H groups in total. The van der Waals surface area contributed by atoms with Crippen LogP contribution in [0.2, 0.25) is 0 Å². The van der Waals surface area contributed by atoms with Gasteiger partial charge in [0.1, 0.15) is 0 Å². The number of nitrogens with zero attached hydrogens (tertiary/aromatic N) is 3. The molecule has 1 saturated heterocycles. The standard InChI is InChI=1S/C15H17N3O3S3/c19-24(20,12-5-9-22-10-12)18-6-3-11(4-7-18)15-16-14(17-21-15)13-2-1-8-23-13/h1,5,8-11,13H,2-4,6-7H2. The molecule has 0 aliphatic carbocycles. The van der Waals surface area contributed by atoms with Gasteiger partial charge in [-0.2, -0.15) is 20.6 Å². The van der Waals surface area contributed by atoms with Gasteiger partial charge in [0.15, 0.2) is 5.82 Å². The predicted molar refractivity (Wildman–Crippen MR) is 93.4 cm³/mol. The molecule has 0 bridgehead atoms. The molecule has 128 valence electrons. The van der Waals surface area contributed by atoms with Crippen LogP contribution in [0.1, 0.15) is 42.1 Å². The largest absolute Gasteiger partial charge is 0.339 e. The second-order valence-corrected chi connectivity index (χ2v) is 9.69. The highest BCUT2D eigenvalue weighted by Crippen LogP contribution is 2.38. The highest BCUT2D eigenvalue weighted by atomic mass is 32.2. The molecule has 1 atom stereocenters. The Labute approximate surface area is 149 Å². The van der Waals surface area contributed by atoms with Crippen molar-refractivity contribution in [1.82, 2.24) is 14.4 Å². The van der Waals surface area contributed by atoms with Crippen LogP contribution in [-0.2, 0) is 10.0 Å². The zero-order valence-corrected chi connectivity index (χ0v) is 15.3. The fourth-order valence-electron chi connectivity index (χ4n) is 2.99. The van der Waals surface area contributed by atoms with Gasteiger partial charge in [-0.3, -0.25) is 0 Å². The molecule has 4 rings (SSSR count). The quantitative estimate of drug-likeness (QED) is 0.805. The van der Waals surface area contributed by atoms with Crippen LogP contribution in [0.15, 0.2) is 37.7 Å². The van der Waals surface area contributed by atoms with Crippen LogP contribution in [-0.4, -0.2) is 36.0 Å². The lowest BCUT2D eigenvalue weighted by molar-refractivity contribution is 0.270. The molecule has 0 radical (unpaired) electrons. The predicted octanol–water partition coefficient (Wildman–Crippen LogP) is 3.39. The van der Waals surface area contributed by atoms with Gasteiger partial charge >= 0.3 is 0 Å². The van der Waals surface area contributed by atoms with Crippen LogP contribution >= 0.6 is 23.1 Å². The van der Waals surface area contributed by atoms with E-state index in [0.717, 1.165) is 12.2 Å². The first-order chi connectivity index (χ1) is 11.6. The second-order valence-electron chi connectivity index (χ2n) is 5.86. The second kappa shape index (κ2) is 6.62. The van der Waals surface area contributed by atoms with Crippen molar-refractivity contribution < 1.29 is 12.9 Å². The normalized spacial score (nSPS) is 23.1. The van der Waals surface area contributed by atoms with Gasteiger partial charge in [0.25, 0.3) is 0 Å². The average Bonchev–Trinajstić information content (AvgIpc) is 3.36. The van der Waals surface area contributed by atoms with Crippen LogP contribution < -0.4 is 0 Å². The molecule has 0 spiro atoms. The minimum Gasteiger partial charge on any atom is -0.339 e. The summed E-state index contributed by atoms with van der Waals surface area (Å²) in [5.74, 6) is 1.53. The van der Waals surface area contributed by atoms with Gasteiger partial charge in [0, 0.05) is 24.4 Å². The Kier molecular flexibility index (Phi) is 4.50. The van der Waals surface area contributed by atoms with Gasteiger partial charge in [0.05, 0.1) is 10.1 Å². The molecular formula is C15H17N3O3S3. The zero-order valence-electron chi connectivity index (χ0n) is 12.9. The molecule has 9 heteroatoms. The number of piperidine rings is 1. The summed E-state index contributed by atoms with van der Waals surface area (Å²) in [5, 5.41) is 9.89. The van der Waals surface area contributed by atoms with Crippen molar-refractivity contribution in [3.63, 3.8) is 0 Å². The molecular weight excluding hydrogens is 366 g/mol. The third-order valence-corrected chi connectivity index (χ3v) is 8.18. The lowest BCUT2D eigenvalue weighted by Crippen LogP contribution is -2.37. The van der Waals surface area contributed by atoms with Gasteiger partial charge in [-0.05, 0) is 36.1 Å². The van der Waals surface area contributed by atoms with E-state index in [1.165, 1.54) is 11.3 Å². The summed E-state index contributed by atoms with van der Waals surface area (Å²) in [4.78, 5) is 4.93. The van der Waals surface area contributed by atoms with Crippen molar-refractivity contribution in [2.45, 2.75) is 35.3 Å². The fourth-order valence-corrected chi connectivity index (χ4v) is 6.32. The SMILES string of the molecule is O=S(=O)(c1ccsc1)N1CCC(c2nc(C3CC=CS3)no2)CC1. The van der Waals surface area contributed by atoms with E-state index in [0.29, 0.717) is 36.7 Å². The Hall–Kier alpha value is -1.16. The Morgan fingerprint density at radius 2 is 2.12 bits per heavy atom. The van der Waals surface area contributed by atoms with Crippen LogP contribution in [0, 0.1) is 0 Å². The number of thiophene rings is 1. The Morgan fingerprint density at radius 1 is 1.29 bits per heavy atom. The lowest BCUT2D eigenvalue weighted by atomic mass is 9.98. The molecule has 0 saturated carbocycles. The van der Waals surface area contributed by atoms with E-state index >= 15 is 0 Å². The number of thioether (sulfide) groups is 1. The summed E-state index contributed by atoms with van der Waals surface area (Å²) in [6, 6.07) is 1.66. The van der Waals surface area contributed by atoms with E-state index < -0.39 is 10.0 Å². The first-order valence-electron chi connectivity index (χ1n) is 7.81. The topological polar surface area (TPSA) is 76.3 Å². The van der Waals surface area contributed by atoms with Crippen molar-refractivity contribution >= 4 is 33.1 Å². The molecule has 0 amide bonds. The monoisotopic (exact) mass is 383 g/mol. The lowest BCUT2D eigenvalue weighted by Gasteiger charge is -2.29. The van der Waals surface area contributed by atoms with E-state index in [9.17, 15) is 8.42 Å². The molecule has 2 aliphatic heterocycles. The minimum absolute atomic E-state index is 0.138. The van der Waals surface area contributed by atoms with Gasteiger partial charge in [0.2, 0.25) is 15.9 Å². The van der Waals surface area contributed by atoms with Crippen molar-refractivity contribution in [3.05, 3.63) is 40.0 Å². The van der Waals surface area contributed by atoms with E-state index in [4.69, 9.17) is 4.52 Å². The summed E-state index contributed by atoms with van der Waals surface area (Å²) < 4.78 is 32.1. The van der Waals surface area contributed by atoms with Crippen molar-refractivity contribution in [2.75, 3.05) is 13.1 Å². The van der Waals surface area contributed by atoms with Gasteiger partial charge in [-0.15, -0.1) is 11.8 Å².